The maximum atomic E-state index is 13.4. The Balaban J connectivity index is 2.09. The summed E-state index contributed by atoms with van der Waals surface area (Å²) in [5.74, 6) is -0.281. The van der Waals surface area contributed by atoms with Gasteiger partial charge in [-0.05, 0) is 37.5 Å². The maximum Gasteiger partial charge on any atom is 0.128 e. The number of hydrogen-bond donors (Lipinski definition) is 1. The van der Waals surface area contributed by atoms with Crippen molar-refractivity contribution in [2.24, 2.45) is 5.41 Å². The smallest absolute Gasteiger partial charge is 0.128 e. The van der Waals surface area contributed by atoms with Crippen LogP contribution in [0, 0.1) is 29.5 Å². The number of anilines is 1. The van der Waals surface area contributed by atoms with Crippen molar-refractivity contribution in [1.82, 2.24) is 0 Å². The molecule has 0 atom stereocenters. The second-order valence-electron chi connectivity index (χ2n) is 4.68. The van der Waals surface area contributed by atoms with Gasteiger partial charge in [-0.2, -0.15) is 5.26 Å². The lowest BCUT2D eigenvalue weighted by Gasteiger charge is -2.35. The normalized spacial score (nSPS) is 17.1. The minimum atomic E-state index is -0.287. The van der Waals surface area contributed by atoms with E-state index in [0.717, 1.165) is 19.3 Å². The Labute approximate surface area is 105 Å². The van der Waals surface area contributed by atoms with Crippen LogP contribution >= 0.6 is 11.6 Å². The Morgan fingerprint density at radius 3 is 2.76 bits per heavy atom. The van der Waals surface area contributed by atoms with Crippen LogP contribution in [0.1, 0.15) is 24.8 Å². The van der Waals surface area contributed by atoms with Crippen LogP contribution in [0.2, 0.25) is 5.02 Å². The van der Waals surface area contributed by atoms with Crippen molar-refractivity contribution < 1.29 is 4.39 Å². The van der Waals surface area contributed by atoms with Crippen molar-refractivity contribution in [2.75, 3.05) is 11.9 Å². The minimum absolute atomic E-state index is 0.281. The molecule has 1 fully saturated rings. The summed E-state index contributed by atoms with van der Waals surface area (Å²) in [7, 11) is 0. The van der Waals surface area contributed by atoms with Crippen LogP contribution < -0.4 is 5.32 Å². The fraction of sp³-hybridized carbons (Fsp3) is 0.462. The van der Waals surface area contributed by atoms with Gasteiger partial charge in [0, 0.05) is 6.54 Å². The molecule has 1 N–H and O–H groups in total. The van der Waals surface area contributed by atoms with Crippen molar-refractivity contribution in [2.45, 2.75) is 26.2 Å². The molecule has 0 aromatic heterocycles. The highest BCUT2D eigenvalue weighted by Crippen LogP contribution is 2.40. The molecule has 0 amide bonds. The number of halogens is 2. The highest BCUT2D eigenvalue weighted by atomic mass is 35.5. The molecule has 2 rings (SSSR count). The zero-order chi connectivity index (χ0) is 12.5. The van der Waals surface area contributed by atoms with Crippen LogP contribution in [0.5, 0.6) is 0 Å². The molecule has 1 aromatic rings. The highest BCUT2D eigenvalue weighted by molar-refractivity contribution is 6.33. The number of benzene rings is 1. The Kier molecular flexibility index (Phi) is 3.26. The summed E-state index contributed by atoms with van der Waals surface area (Å²) in [4.78, 5) is 0. The van der Waals surface area contributed by atoms with Crippen molar-refractivity contribution in [3.05, 3.63) is 28.5 Å². The van der Waals surface area contributed by atoms with E-state index in [0.29, 0.717) is 22.8 Å². The zero-order valence-corrected chi connectivity index (χ0v) is 10.4. The molecule has 0 radical (unpaired) electrons. The molecule has 4 heteroatoms. The topological polar surface area (TPSA) is 35.8 Å². The molecule has 0 unspecified atom stereocenters. The van der Waals surface area contributed by atoms with Crippen LogP contribution in [-0.4, -0.2) is 6.54 Å². The predicted octanol–water partition coefficient (Wildman–Crippen LogP) is 3.89. The van der Waals surface area contributed by atoms with E-state index < -0.39 is 0 Å². The van der Waals surface area contributed by atoms with Crippen molar-refractivity contribution >= 4 is 17.3 Å². The largest absolute Gasteiger partial charge is 0.382 e. The maximum absolute atomic E-state index is 13.4. The predicted molar refractivity (Wildman–Crippen MR) is 66.5 cm³/mol. The van der Waals surface area contributed by atoms with E-state index in [9.17, 15) is 4.39 Å². The third-order valence-electron chi connectivity index (χ3n) is 3.41. The second kappa shape index (κ2) is 4.54. The molecule has 0 aliphatic heterocycles. The van der Waals surface area contributed by atoms with Gasteiger partial charge >= 0.3 is 0 Å². The molecule has 0 spiro atoms. The highest BCUT2D eigenvalue weighted by Gasteiger charge is 2.37. The average Bonchev–Trinajstić information content (AvgIpc) is 2.24. The molecule has 0 heterocycles. The van der Waals surface area contributed by atoms with Gasteiger partial charge in [0.2, 0.25) is 0 Å². The lowest BCUT2D eigenvalue weighted by atomic mass is 9.70. The molecular weight excluding hydrogens is 239 g/mol. The Hall–Kier alpha value is -1.27. The quantitative estimate of drug-likeness (QED) is 0.886. The monoisotopic (exact) mass is 252 g/mol. The number of nitrogens with one attached hydrogen (secondary N) is 1. The first kappa shape index (κ1) is 12.2. The van der Waals surface area contributed by atoms with Crippen molar-refractivity contribution in [1.29, 1.82) is 5.26 Å². The first-order valence-corrected chi connectivity index (χ1v) is 6.05. The molecule has 0 bridgehead atoms. The standard InChI is InChI=1S/C13H14ClFN2/c1-9-5-10(14)12(6-11(9)15)17-8-13(7-16)3-2-4-13/h5-6,17H,2-4,8H2,1H3. The van der Waals surface area contributed by atoms with Gasteiger partial charge in [0.25, 0.3) is 0 Å². The first-order chi connectivity index (χ1) is 8.06. The number of rotatable bonds is 3. The van der Waals surface area contributed by atoms with Crippen LogP contribution in [0.4, 0.5) is 10.1 Å². The second-order valence-corrected chi connectivity index (χ2v) is 5.09. The van der Waals surface area contributed by atoms with E-state index in [-0.39, 0.29) is 11.2 Å². The van der Waals surface area contributed by atoms with E-state index >= 15 is 0 Å². The van der Waals surface area contributed by atoms with Gasteiger partial charge in [-0.3, -0.25) is 0 Å². The van der Waals surface area contributed by atoms with E-state index in [1.165, 1.54) is 6.07 Å². The van der Waals surface area contributed by atoms with Gasteiger partial charge in [0.05, 0.1) is 22.2 Å². The SMILES string of the molecule is Cc1cc(Cl)c(NCC2(C#N)CCC2)cc1F. The summed E-state index contributed by atoms with van der Waals surface area (Å²) in [6.07, 6.45) is 2.90. The van der Waals surface area contributed by atoms with Crippen molar-refractivity contribution in [3.8, 4) is 6.07 Å². The summed E-state index contributed by atoms with van der Waals surface area (Å²) in [5.41, 5.74) is 0.806. The fourth-order valence-corrected chi connectivity index (χ4v) is 2.26. The fourth-order valence-electron chi connectivity index (χ4n) is 1.98. The van der Waals surface area contributed by atoms with Gasteiger partial charge in [-0.1, -0.05) is 18.0 Å². The summed E-state index contributed by atoms with van der Waals surface area (Å²) in [6, 6.07) is 5.32. The van der Waals surface area contributed by atoms with Gasteiger partial charge in [-0.15, -0.1) is 0 Å². The Morgan fingerprint density at radius 1 is 1.53 bits per heavy atom. The molecule has 2 nitrogen and oxygen atoms in total. The van der Waals surface area contributed by atoms with Crippen LogP contribution in [0.15, 0.2) is 12.1 Å². The van der Waals surface area contributed by atoms with Gasteiger partial charge in [-0.25, -0.2) is 4.39 Å². The number of nitriles is 1. The minimum Gasteiger partial charge on any atom is -0.382 e. The molecule has 1 aliphatic carbocycles. The zero-order valence-electron chi connectivity index (χ0n) is 9.69. The molecule has 1 aromatic carbocycles. The van der Waals surface area contributed by atoms with E-state index in [4.69, 9.17) is 16.9 Å². The van der Waals surface area contributed by atoms with Gasteiger partial charge in [0.15, 0.2) is 0 Å². The van der Waals surface area contributed by atoms with E-state index in [2.05, 4.69) is 11.4 Å². The third-order valence-corrected chi connectivity index (χ3v) is 3.73. The van der Waals surface area contributed by atoms with Gasteiger partial charge < -0.3 is 5.32 Å². The summed E-state index contributed by atoms with van der Waals surface area (Å²) < 4.78 is 13.4. The third kappa shape index (κ3) is 2.37. The van der Waals surface area contributed by atoms with Gasteiger partial charge in [0.1, 0.15) is 5.82 Å². The van der Waals surface area contributed by atoms with Crippen LogP contribution in [0.25, 0.3) is 0 Å². The van der Waals surface area contributed by atoms with Crippen LogP contribution in [-0.2, 0) is 0 Å². The number of hydrogen-bond acceptors (Lipinski definition) is 2. The molecule has 17 heavy (non-hydrogen) atoms. The molecule has 1 aliphatic rings. The average molecular weight is 253 g/mol. The van der Waals surface area contributed by atoms with Crippen LogP contribution in [0.3, 0.4) is 0 Å². The first-order valence-electron chi connectivity index (χ1n) is 5.67. The van der Waals surface area contributed by atoms with E-state index in [1.54, 1.807) is 13.0 Å². The molecule has 0 saturated heterocycles. The Bertz CT molecular complexity index is 475. The number of aryl methyl sites for hydroxylation is 1. The molecule has 90 valence electrons. The lowest BCUT2D eigenvalue weighted by Crippen LogP contribution is -2.35. The summed E-state index contributed by atoms with van der Waals surface area (Å²) in [6.45, 7) is 2.21. The summed E-state index contributed by atoms with van der Waals surface area (Å²) in [5, 5.41) is 12.7. The number of nitrogens with zero attached hydrogens (tertiary/aromatic N) is 1. The van der Waals surface area contributed by atoms with Crippen molar-refractivity contribution in [3.63, 3.8) is 0 Å². The van der Waals surface area contributed by atoms with E-state index in [1.807, 2.05) is 0 Å². The lowest BCUT2D eigenvalue weighted by molar-refractivity contribution is 0.233. The molecular formula is C13H14ClFN2. The molecule has 1 saturated carbocycles. The summed E-state index contributed by atoms with van der Waals surface area (Å²) >= 11 is 6.02. The Morgan fingerprint density at radius 2 is 2.24 bits per heavy atom.